The number of piperidine rings is 3. The highest BCUT2D eigenvalue weighted by atomic mass is 16.6. The summed E-state index contributed by atoms with van der Waals surface area (Å²) in [6.45, 7) is 31.5. The van der Waals surface area contributed by atoms with Gasteiger partial charge in [0.25, 0.3) is 5.69 Å². The Morgan fingerprint density at radius 1 is 0.389 bits per heavy atom. The summed E-state index contributed by atoms with van der Waals surface area (Å²) < 4.78 is 28.7. The molecule has 0 amide bonds. The Hall–Kier alpha value is -5.96. The van der Waals surface area contributed by atoms with Crippen molar-refractivity contribution in [1.29, 1.82) is 0 Å². The first-order chi connectivity index (χ1) is 46.8. The fourth-order valence-electron chi connectivity index (χ4n) is 12.7. The zero-order chi connectivity index (χ0) is 66.9. The zero-order valence-corrected chi connectivity index (χ0v) is 59.7. The molecule has 0 N–H and O–H groups in total. The number of unbranched alkanes of at least 4 members (excludes halogenated alkanes) is 4. The van der Waals surface area contributed by atoms with Crippen LogP contribution in [0.25, 0.3) is 0 Å². The number of benzene rings is 5. The van der Waals surface area contributed by atoms with E-state index in [4.69, 9.17) is 23.7 Å². The van der Waals surface area contributed by atoms with E-state index in [-0.39, 0.29) is 5.69 Å². The first-order valence-electron chi connectivity index (χ1n) is 37.7. The van der Waals surface area contributed by atoms with Crippen LogP contribution in [-0.4, -0.2) is 161 Å². The molecule has 0 aromatic heterocycles. The van der Waals surface area contributed by atoms with Gasteiger partial charge in [-0.3, -0.25) is 15.0 Å². The van der Waals surface area contributed by atoms with E-state index < -0.39 is 4.92 Å². The van der Waals surface area contributed by atoms with Crippen molar-refractivity contribution in [2.45, 2.75) is 194 Å². The van der Waals surface area contributed by atoms with E-state index in [2.05, 4.69) is 137 Å². The van der Waals surface area contributed by atoms with Gasteiger partial charge in [-0.2, -0.15) is 0 Å². The normalized spacial score (nSPS) is 16.5. The Labute approximate surface area is 576 Å². The van der Waals surface area contributed by atoms with E-state index in [1.807, 2.05) is 30.3 Å². The highest BCUT2D eigenvalue weighted by Gasteiger charge is 2.14. The number of nitrogens with zero attached hydrogens (tertiary/aromatic N) is 6. The van der Waals surface area contributed by atoms with Crippen LogP contribution >= 0.6 is 0 Å². The second kappa shape index (κ2) is 50.4. The van der Waals surface area contributed by atoms with Crippen LogP contribution in [0, 0.1) is 10.1 Å². The summed E-state index contributed by atoms with van der Waals surface area (Å²) in [5.74, 6) is 5.36. The molecule has 13 nitrogen and oxygen atoms in total. The second-order valence-electron chi connectivity index (χ2n) is 26.6. The van der Waals surface area contributed by atoms with Crippen molar-refractivity contribution in [2.24, 2.45) is 0 Å². The molecule has 13 heteroatoms. The lowest BCUT2D eigenvalue weighted by Gasteiger charge is -2.26. The minimum atomic E-state index is -0.401. The summed E-state index contributed by atoms with van der Waals surface area (Å²) >= 11 is 0. The number of para-hydroxylation sites is 1. The minimum Gasteiger partial charge on any atom is -0.494 e. The average Bonchev–Trinajstić information content (AvgIpc) is 3.77. The fourth-order valence-corrected chi connectivity index (χ4v) is 12.7. The minimum absolute atomic E-state index is 0.1000. The van der Waals surface area contributed by atoms with E-state index >= 15 is 0 Å². The van der Waals surface area contributed by atoms with Gasteiger partial charge in [0, 0.05) is 44.9 Å². The Kier molecular flexibility index (Phi) is 41.4. The lowest BCUT2D eigenvalue weighted by atomic mass is 9.99. The Bertz CT molecular complexity index is 2660. The molecule has 5 heterocycles. The molecule has 5 aliphatic rings. The maximum Gasteiger partial charge on any atom is 0.269 e. The van der Waals surface area contributed by atoms with E-state index in [0.29, 0.717) is 18.3 Å². The number of non-ortho nitro benzene ring substituents is 1. The van der Waals surface area contributed by atoms with Gasteiger partial charge in [-0.25, -0.2) is 0 Å². The van der Waals surface area contributed by atoms with Gasteiger partial charge in [-0.15, -0.1) is 0 Å². The van der Waals surface area contributed by atoms with Crippen molar-refractivity contribution < 1.29 is 28.6 Å². The highest BCUT2D eigenvalue weighted by molar-refractivity contribution is 5.36. The van der Waals surface area contributed by atoms with Crippen LogP contribution in [0.15, 0.2) is 140 Å². The molecule has 0 aliphatic carbocycles. The molecule has 4 fully saturated rings. The molecule has 0 radical (unpaired) electrons. The van der Waals surface area contributed by atoms with Gasteiger partial charge in [-0.05, 0) is 284 Å². The van der Waals surface area contributed by atoms with Gasteiger partial charge in [0.1, 0.15) is 28.7 Å². The molecule has 0 spiro atoms. The predicted molar refractivity (Wildman–Crippen MR) is 397 cm³/mol. The average molecular weight is 1310 g/mol. The summed E-state index contributed by atoms with van der Waals surface area (Å²) in [6, 6.07) is 42.0. The van der Waals surface area contributed by atoms with Crippen molar-refractivity contribution in [2.75, 3.05) is 131 Å². The molecule has 0 bridgehead atoms. The van der Waals surface area contributed by atoms with Crippen LogP contribution in [0.1, 0.15) is 198 Å². The smallest absolute Gasteiger partial charge is 0.269 e. The van der Waals surface area contributed by atoms with Gasteiger partial charge >= 0.3 is 0 Å². The van der Waals surface area contributed by atoms with Crippen molar-refractivity contribution in [3.8, 4) is 28.7 Å². The summed E-state index contributed by atoms with van der Waals surface area (Å²) in [5, 5.41) is 10.5. The number of nitro groups is 1. The van der Waals surface area contributed by atoms with Crippen molar-refractivity contribution in [1.82, 2.24) is 24.5 Å². The molecule has 95 heavy (non-hydrogen) atoms. The third-order valence-electron chi connectivity index (χ3n) is 18.8. The SMILES string of the molecule is C1=CCN(CCCCCOc2ccccc2)CC1.CCC(C)c1ccc(OCCCN2CCCCC2)cc1.CCCc1ccc(OCCCN2CCCCC2)cc1.CCc1ccc(OCCCN2CCCCC2)cc1.O=[N+]([O-])c1ccc(OCCCCCN2CCCC2)cc1. The van der Waals surface area contributed by atoms with Crippen LogP contribution in [0.3, 0.4) is 0 Å². The maximum atomic E-state index is 10.5. The summed E-state index contributed by atoms with van der Waals surface area (Å²) in [7, 11) is 0. The lowest BCUT2D eigenvalue weighted by Crippen LogP contribution is -2.31. The number of hydrogen-bond donors (Lipinski definition) is 0. The number of ether oxygens (including phenoxy) is 5. The predicted octanol–water partition coefficient (Wildman–Crippen LogP) is 18.6. The van der Waals surface area contributed by atoms with Crippen LogP contribution in [-0.2, 0) is 12.8 Å². The maximum absolute atomic E-state index is 10.5. The zero-order valence-electron chi connectivity index (χ0n) is 59.7. The van der Waals surface area contributed by atoms with Crippen molar-refractivity contribution in [3.05, 3.63) is 166 Å². The van der Waals surface area contributed by atoms with Crippen LogP contribution in [0.2, 0.25) is 0 Å². The third kappa shape index (κ3) is 35.7. The number of likely N-dealkylation sites (tertiary alicyclic amines) is 4. The molecule has 4 saturated heterocycles. The van der Waals surface area contributed by atoms with E-state index in [1.165, 1.54) is 236 Å². The summed E-state index contributed by atoms with van der Waals surface area (Å²) in [4.78, 5) is 22.9. The molecular formula is C82H126N6O7. The Balaban J connectivity index is 0.000000188. The van der Waals surface area contributed by atoms with Gasteiger partial charge in [0.15, 0.2) is 0 Å². The number of aryl methyl sites for hydroxylation is 2. The molecule has 0 saturated carbocycles. The Morgan fingerprint density at radius 3 is 1.15 bits per heavy atom. The van der Waals surface area contributed by atoms with E-state index in [9.17, 15) is 10.1 Å². The van der Waals surface area contributed by atoms with Crippen molar-refractivity contribution >= 4 is 5.69 Å². The van der Waals surface area contributed by atoms with Gasteiger partial charge < -0.3 is 43.3 Å². The molecule has 526 valence electrons. The largest absolute Gasteiger partial charge is 0.494 e. The molecule has 5 aromatic carbocycles. The summed E-state index contributed by atoms with van der Waals surface area (Å²) in [6.07, 6.45) is 36.1. The monoisotopic (exact) mass is 1310 g/mol. The Morgan fingerprint density at radius 2 is 0.758 bits per heavy atom. The standard InChI is InChI=1S/C18H29NO.C17H27NO.C16H23NO.C16H25NO.C15H22N2O3/c1-3-16(2)17-8-10-18(11-9-17)20-15-7-14-19-12-5-4-6-13-19;1-2-7-16-8-10-17(11-9-16)19-15-6-14-18-12-4-3-5-13-18;1-4-10-16(11-5-1)18-15-9-3-8-14-17-12-6-2-7-13-17;1-2-15-7-9-16(10-8-15)18-14-6-13-17-11-4-3-5-12-17;18-17(19)14-6-8-15(9-7-14)20-13-5-1-2-10-16-11-3-4-12-16/h8-11,16H,3-7,12-15H2,1-2H3;8-11H,2-7,12-15H2,1H3;1-2,4-6,10-11H,3,7-9,12-15H2;7-10H,2-6,11-14H2,1H3;6-9H,1-5,10-13H2. The quantitative estimate of drug-likeness (QED) is 0.0167. The number of hydrogen-bond acceptors (Lipinski definition) is 12. The second-order valence-corrected chi connectivity index (χ2v) is 26.6. The van der Waals surface area contributed by atoms with Crippen LogP contribution in [0.5, 0.6) is 28.7 Å². The topological polar surface area (TPSA) is 105 Å². The number of rotatable bonds is 35. The van der Waals surface area contributed by atoms with Gasteiger partial charge in [0.05, 0.1) is 38.0 Å². The fraction of sp³-hybridized carbons (Fsp3) is 0.610. The molecule has 1 unspecified atom stereocenters. The molecule has 1 atom stereocenters. The van der Waals surface area contributed by atoms with Gasteiger partial charge in [0.2, 0.25) is 0 Å². The first kappa shape index (κ1) is 78.0. The summed E-state index contributed by atoms with van der Waals surface area (Å²) in [5.41, 5.74) is 4.29. The lowest BCUT2D eigenvalue weighted by molar-refractivity contribution is -0.384. The third-order valence-corrected chi connectivity index (χ3v) is 18.8. The first-order valence-corrected chi connectivity index (χ1v) is 37.7. The van der Waals surface area contributed by atoms with Crippen LogP contribution in [0.4, 0.5) is 5.69 Å². The highest BCUT2D eigenvalue weighted by Crippen LogP contribution is 2.23. The molecule has 5 aromatic rings. The van der Waals surface area contributed by atoms with E-state index in [1.54, 1.807) is 12.1 Å². The molecule has 10 rings (SSSR count). The van der Waals surface area contributed by atoms with E-state index in [0.717, 1.165) is 101 Å². The molecular weight excluding hydrogens is 1180 g/mol. The number of nitro benzene ring substituents is 1. The molecule has 5 aliphatic heterocycles. The van der Waals surface area contributed by atoms with Crippen molar-refractivity contribution in [3.63, 3.8) is 0 Å². The van der Waals surface area contributed by atoms with Crippen LogP contribution < -0.4 is 23.7 Å². The van der Waals surface area contributed by atoms with Gasteiger partial charge in [-0.1, -0.05) is 120 Å².